The van der Waals surface area contributed by atoms with Crippen molar-refractivity contribution in [2.75, 3.05) is 18.4 Å². The van der Waals surface area contributed by atoms with Crippen LogP contribution in [0.4, 0.5) is 5.69 Å². The van der Waals surface area contributed by atoms with Crippen molar-refractivity contribution in [3.63, 3.8) is 0 Å². The van der Waals surface area contributed by atoms with Crippen LogP contribution >= 0.6 is 0 Å². The predicted octanol–water partition coefficient (Wildman–Crippen LogP) is 1.82. The van der Waals surface area contributed by atoms with E-state index < -0.39 is 0 Å². The molecular weight excluding hydrogens is 256 g/mol. The van der Waals surface area contributed by atoms with Crippen molar-refractivity contribution in [2.24, 2.45) is 5.73 Å². The molecule has 0 saturated carbocycles. The van der Waals surface area contributed by atoms with Crippen molar-refractivity contribution in [2.45, 2.75) is 19.8 Å². The Morgan fingerprint density at radius 1 is 1.35 bits per heavy atom. The summed E-state index contributed by atoms with van der Waals surface area (Å²) in [7, 11) is 0. The van der Waals surface area contributed by atoms with Crippen molar-refractivity contribution in [1.29, 1.82) is 0 Å². The van der Waals surface area contributed by atoms with Gasteiger partial charge in [0, 0.05) is 36.2 Å². The second-order valence-electron chi connectivity index (χ2n) is 4.73. The Kier molecular flexibility index (Phi) is 4.53. The Morgan fingerprint density at radius 2 is 2.15 bits per heavy atom. The lowest BCUT2D eigenvalue weighted by molar-refractivity contribution is -0.117. The standard InChI is InChI=1S/C15H18N2O3/c1-10-7-15(19)20-14-8-11(4-5-13(10)14)17-6-2-3-12(18)9-16/h4-5,7-8,17H,2-3,6,9,16H2,1H3. The van der Waals surface area contributed by atoms with Crippen LogP contribution in [0.3, 0.4) is 0 Å². The first-order valence-electron chi connectivity index (χ1n) is 6.60. The zero-order valence-electron chi connectivity index (χ0n) is 11.4. The van der Waals surface area contributed by atoms with Crippen molar-refractivity contribution in [3.8, 4) is 0 Å². The fraction of sp³-hybridized carbons (Fsp3) is 0.333. The van der Waals surface area contributed by atoms with Gasteiger partial charge >= 0.3 is 5.63 Å². The molecule has 5 nitrogen and oxygen atoms in total. The maximum absolute atomic E-state index is 11.3. The SMILES string of the molecule is Cc1cc(=O)oc2cc(NCCCC(=O)CN)ccc12. The quantitative estimate of drug-likeness (QED) is 0.620. The zero-order chi connectivity index (χ0) is 14.5. The first kappa shape index (κ1) is 14.3. The van der Waals surface area contributed by atoms with E-state index in [2.05, 4.69) is 5.32 Å². The summed E-state index contributed by atoms with van der Waals surface area (Å²) in [5.41, 5.74) is 7.23. The number of rotatable bonds is 6. The Labute approximate surface area is 116 Å². The van der Waals surface area contributed by atoms with Crippen LogP contribution in [-0.2, 0) is 4.79 Å². The van der Waals surface area contributed by atoms with Crippen molar-refractivity contribution < 1.29 is 9.21 Å². The Balaban J connectivity index is 2.05. The number of anilines is 1. The second kappa shape index (κ2) is 6.34. The number of carbonyl (C=O) groups is 1. The Bertz CT molecular complexity index is 676. The van der Waals surface area contributed by atoms with E-state index in [0.717, 1.165) is 23.1 Å². The number of nitrogens with one attached hydrogen (secondary N) is 1. The number of nitrogens with two attached hydrogens (primary N) is 1. The summed E-state index contributed by atoms with van der Waals surface area (Å²) in [6.45, 7) is 2.65. The van der Waals surface area contributed by atoms with Crippen molar-refractivity contribution in [1.82, 2.24) is 0 Å². The van der Waals surface area contributed by atoms with Crippen LogP contribution in [0.2, 0.25) is 0 Å². The Hall–Kier alpha value is -2.14. The van der Waals surface area contributed by atoms with Crippen LogP contribution in [0.1, 0.15) is 18.4 Å². The normalized spacial score (nSPS) is 10.7. The molecule has 106 valence electrons. The van der Waals surface area contributed by atoms with Crippen molar-refractivity contribution >= 4 is 22.4 Å². The summed E-state index contributed by atoms with van der Waals surface area (Å²) in [5, 5.41) is 4.12. The van der Waals surface area contributed by atoms with E-state index in [1.54, 1.807) is 6.07 Å². The van der Waals surface area contributed by atoms with Gasteiger partial charge in [-0.2, -0.15) is 0 Å². The largest absolute Gasteiger partial charge is 0.423 e. The summed E-state index contributed by atoms with van der Waals surface area (Å²) >= 11 is 0. The van der Waals surface area contributed by atoms with E-state index in [1.165, 1.54) is 6.07 Å². The molecule has 1 heterocycles. The van der Waals surface area contributed by atoms with Gasteiger partial charge in [0.15, 0.2) is 0 Å². The first-order valence-corrected chi connectivity index (χ1v) is 6.60. The molecule has 0 aliphatic heterocycles. The van der Waals surface area contributed by atoms with Gasteiger partial charge in [0.1, 0.15) is 11.4 Å². The highest BCUT2D eigenvalue weighted by molar-refractivity contribution is 5.83. The van der Waals surface area contributed by atoms with Crippen LogP contribution in [0, 0.1) is 6.92 Å². The van der Waals surface area contributed by atoms with Gasteiger partial charge in [-0.15, -0.1) is 0 Å². The fourth-order valence-corrected chi connectivity index (χ4v) is 2.06. The monoisotopic (exact) mass is 274 g/mol. The van der Waals surface area contributed by atoms with Gasteiger partial charge in [0.25, 0.3) is 0 Å². The molecule has 0 aliphatic rings. The summed E-state index contributed by atoms with van der Waals surface area (Å²) in [5.74, 6) is 0.0620. The first-order chi connectivity index (χ1) is 9.60. The number of hydrogen-bond acceptors (Lipinski definition) is 5. The van der Waals surface area contributed by atoms with E-state index in [0.29, 0.717) is 18.5 Å². The Morgan fingerprint density at radius 3 is 2.90 bits per heavy atom. The summed E-state index contributed by atoms with van der Waals surface area (Å²) in [6.07, 6.45) is 1.21. The van der Waals surface area contributed by atoms with Gasteiger partial charge < -0.3 is 15.5 Å². The van der Waals surface area contributed by atoms with Crippen LogP contribution < -0.4 is 16.7 Å². The van der Waals surface area contributed by atoms with E-state index in [9.17, 15) is 9.59 Å². The molecule has 1 aromatic carbocycles. The number of fused-ring (bicyclic) bond motifs is 1. The fourth-order valence-electron chi connectivity index (χ4n) is 2.06. The number of hydrogen-bond donors (Lipinski definition) is 2. The highest BCUT2D eigenvalue weighted by Gasteiger charge is 2.03. The molecule has 0 radical (unpaired) electrons. The molecule has 2 rings (SSSR count). The predicted molar refractivity (Wildman–Crippen MR) is 79.0 cm³/mol. The van der Waals surface area contributed by atoms with Crippen LogP contribution in [0.5, 0.6) is 0 Å². The lowest BCUT2D eigenvalue weighted by Gasteiger charge is -2.07. The van der Waals surface area contributed by atoms with Crippen LogP contribution in [-0.4, -0.2) is 18.9 Å². The summed E-state index contributed by atoms with van der Waals surface area (Å²) in [4.78, 5) is 22.4. The van der Waals surface area contributed by atoms with Gasteiger partial charge in [0.2, 0.25) is 0 Å². The minimum absolute atomic E-state index is 0.0620. The van der Waals surface area contributed by atoms with Gasteiger partial charge in [-0.1, -0.05) is 0 Å². The zero-order valence-corrected chi connectivity index (χ0v) is 11.4. The van der Waals surface area contributed by atoms with Gasteiger partial charge in [-0.05, 0) is 31.0 Å². The number of aryl methyl sites for hydroxylation is 1. The second-order valence-corrected chi connectivity index (χ2v) is 4.73. The highest BCUT2D eigenvalue weighted by Crippen LogP contribution is 2.20. The number of Topliss-reactive ketones (excluding diaryl/α,β-unsaturated/α-hetero) is 1. The summed E-state index contributed by atoms with van der Waals surface area (Å²) in [6, 6.07) is 7.13. The van der Waals surface area contributed by atoms with E-state index in [-0.39, 0.29) is 18.0 Å². The highest BCUT2D eigenvalue weighted by atomic mass is 16.4. The minimum atomic E-state index is -0.347. The van der Waals surface area contributed by atoms with E-state index in [1.807, 2.05) is 19.1 Å². The summed E-state index contributed by atoms with van der Waals surface area (Å²) < 4.78 is 5.18. The van der Waals surface area contributed by atoms with Crippen molar-refractivity contribution in [3.05, 3.63) is 40.2 Å². The molecule has 0 bridgehead atoms. The molecule has 5 heteroatoms. The minimum Gasteiger partial charge on any atom is -0.423 e. The maximum atomic E-state index is 11.3. The number of benzene rings is 1. The van der Waals surface area contributed by atoms with Crippen LogP contribution in [0.15, 0.2) is 33.5 Å². The molecule has 20 heavy (non-hydrogen) atoms. The third-order valence-electron chi connectivity index (χ3n) is 3.14. The van der Waals surface area contributed by atoms with Crippen LogP contribution in [0.25, 0.3) is 11.0 Å². The average molecular weight is 274 g/mol. The van der Waals surface area contributed by atoms with E-state index >= 15 is 0 Å². The molecular formula is C15H18N2O3. The average Bonchev–Trinajstić information content (AvgIpc) is 2.42. The molecule has 0 aliphatic carbocycles. The third-order valence-corrected chi connectivity index (χ3v) is 3.14. The molecule has 0 fully saturated rings. The molecule has 0 unspecified atom stereocenters. The van der Waals surface area contributed by atoms with Gasteiger partial charge in [-0.25, -0.2) is 4.79 Å². The number of ketones is 1. The molecule has 0 saturated heterocycles. The number of carbonyl (C=O) groups excluding carboxylic acids is 1. The molecule has 0 spiro atoms. The lowest BCUT2D eigenvalue weighted by atomic mass is 10.1. The lowest BCUT2D eigenvalue weighted by Crippen LogP contribution is -2.14. The topological polar surface area (TPSA) is 85.3 Å². The van der Waals surface area contributed by atoms with Gasteiger partial charge in [0.05, 0.1) is 6.54 Å². The molecule has 0 atom stereocenters. The third kappa shape index (κ3) is 3.45. The maximum Gasteiger partial charge on any atom is 0.336 e. The molecule has 2 aromatic rings. The molecule has 3 N–H and O–H groups in total. The van der Waals surface area contributed by atoms with E-state index in [4.69, 9.17) is 10.2 Å². The smallest absolute Gasteiger partial charge is 0.336 e. The van der Waals surface area contributed by atoms with Gasteiger partial charge in [-0.3, -0.25) is 4.79 Å². The molecule has 1 aromatic heterocycles. The molecule has 0 amide bonds.